The molecule has 0 bridgehead atoms. The third-order valence-corrected chi connectivity index (χ3v) is 1.50. The van der Waals surface area contributed by atoms with Gasteiger partial charge in [0.25, 0.3) is 0 Å². The second-order valence-corrected chi connectivity index (χ2v) is 2.53. The summed E-state index contributed by atoms with van der Waals surface area (Å²) in [5, 5.41) is 8.65. The number of hydrogen-bond donors (Lipinski definition) is 2. The van der Waals surface area contributed by atoms with Crippen LogP contribution >= 0.6 is 0 Å². The zero-order valence-electron chi connectivity index (χ0n) is 7.45. The van der Waals surface area contributed by atoms with Crippen LogP contribution in [0.15, 0.2) is 12.7 Å². The average Bonchev–Trinajstić information content (AvgIpc) is 2.04. The third-order valence-electron chi connectivity index (χ3n) is 1.50. The van der Waals surface area contributed by atoms with Gasteiger partial charge in [-0.15, -0.1) is 6.58 Å². The molecule has 0 rings (SSSR count). The Morgan fingerprint density at radius 3 is 2.54 bits per heavy atom. The number of esters is 1. The average molecular weight is 187 g/mol. The normalized spacial score (nSPS) is 14.3. The molecule has 0 radical (unpaired) electrons. The SMILES string of the molecule is C=C[C@@](N)(CC(=O)OCC)C(=O)O. The Bertz CT molecular complexity index is 226. The van der Waals surface area contributed by atoms with Gasteiger partial charge >= 0.3 is 11.9 Å². The van der Waals surface area contributed by atoms with E-state index in [2.05, 4.69) is 11.3 Å². The van der Waals surface area contributed by atoms with Crippen molar-refractivity contribution in [2.75, 3.05) is 6.61 Å². The van der Waals surface area contributed by atoms with Crippen molar-refractivity contribution in [1.82, 2.24) is 0 Å². The zero-order chi connectivity index (χ0) is 10.5. The molecule has 0 unspecified atom stereocenters. The van der Waals surface area contributed by atoms with Gasteiger partial charge in [-0.05, 0) is 6.92 Å². The van der Waals surface area contributed by atoms with Crippen molar-refractivity contribution < 1.29 is 19.4 Å². The van der Waals surface area contributed by atoms with Crippen molar-refractivity contribution in [3.8, 4) is 0 Å². The number of nitrogens with two attached hydrogens (primary N) is 1. The minimum absolute atomic E-state index is 0.200. The van der Waals surface area contributed by atoms with E-state index in [0.29, 0.717) is 0 Å². The molecule has 0 spiro atoms. The lowest BCUT2D eigenvalue weighted by atomic mass is 9.97. The molecule has 0 aliphatic rings. The molecule has 0 saturated carbocycles. The summed E-state index contributed by atoms with van der Waals surface area (Å²) in [6, 6.07) is 0. The van der Waals surface area contributed by atoms with Crippen molar-refractivity contribution in [1.29, 1.82) is 0 Å². The summed E-state index contributed by atoms with van der Waals surface area (Å²) < 4.78 is 4.56. The van der Waals surface area contributed by atoms with Gasteiger partial charge in [0.2, 0.25) is 0 Å². The van der Waals surface area contributed by atoms with E-state index < -0.39 is 23.9 Å². The number of hydrogen-bond acceptors (Lipinski definition) is 4. The predicted molar refractivity (Wildman–Crippen MR) is 46.0 cm³/mol. The summed E-state index contributed by atoms with van der Waals surface area (Å²) in [7, 11) is 0. The fourth-order valence-corrected chi connectivity index (χ4v) is 0.686. The zero-order valence-corrected chi connectivity index (χ0v) is 7.45. The lowest BCUT2D eigenvalue weighted by Gasteiger charge is -2.18. The Balaban J connectivity index is 4.36. The molecule has 5 nitrogen and oxygen atoms in total. The van der Waals surface area contributed by atoms with Gasteiger partial charge in [-0.25, -0.2) is 4.79 Å². The van der Waals surface area contributed by atoms with Gasteiger partial charge in [0.15, 0.2) is 0 Å². The van der Waals surface area contributed by atoms with E-state index in [0.717, 1.165) is 6.08 Å². The highest BCUT2D eigenvalue weighted by Gasteiger charge is 2.33. The van der Waals surface area contributed by atoms with Crippen LogP contribution in [-0.2, 0) is 14.3 Å². The van der Waals surface area contributed by atoms with Crippen LogP contribution < -0.4 is 5.73 Å². The second kappa shape index (κ2) is 4.61. The number of carboxylic acids is 1. The maximum Gasteiger partial charge on any atom is 0.328 e. The molecular weight excluding hydrogens is 174 g/mol. The number of aliphatic carboxylic acids is 1. The molecular formula is C8H13NO4. The Labute approximate surface area is 76.2 Å². The summed E-state index contributed by atoms with van der Waals surface area (Å²) in [6.45, 7) is 5.08. The van der Waals surface area contributed by atoms with Gasteiger partial charge in [0.05, 0.1) is 13.0 Å². The van der Waals surface area contributed by atoms with Crippen molar-refractivity contribution in [3.63, 3.8) is 0 Å². The highest BCUT2D eigenvalue weighted by Crippen LogP contribution is 2.09. The highest BCUT2D eigenvalue weighted by molar-refractivity contribution is 5.87. The maximum atomic E-state index is 10.9. The van der Waals surface area contributed by atoms with Gasteiger partial charge in [-0.1, -0.05) is 6.08 Å². The van der Waals surface area contributed by atoms with Crippen LogP contribution in [0.25, 0.3) is 0 Å². The third kappa shape index (κ3) is 3.25. The Morgan fingerprint density at radius 1 is 1.69 bits per heavy atom. The first-order valence-electron chi connectivity index (χ1n) is 3.77. The van der Waals surface area contributed by atoms with Gasteiger partial charge in [-0.2, -0.15) is 0 Å². The summed E-state index contributed by atoms with van der Waals surface area (Å²) in [5.74, 6) is -1.94. The van der Waals surface area contributed by atoms with Crippen LogP contribution in [0.1, 0.15) is 13.3 Å². The summed E-state index contributed by atoms with van der Waals surface area (Å²) in [6.07, 6.45) is 0.617. The lowest BCUT2D eigenvalue weighted by molar-refractivity contribution is -0.150. The van der Waals surface area contributed by atoms with Crippen LogP contribution in [0, 0.1) is 0 Å². The Morgan fingerprint density at radius 2 is 2.23 bits per heavy atom. The molecule has 13 heavy (non-hydrogen) atoms. The molecule has 0 saturated heterocycles. The van der Waals surface area contributed by atoms with E-state index in [1.165, 1.54) is 0 Å². The minimum Gasteiger partial charge on any atom is -0.480 e. The predicted octanol–water partition coefficient (Wildman–Crippen LogP) is -0.0923. The largest absolute Gasteiger partial charge is 0.480 e. The lowest BCUT2D eigenvalue weighted by Crippen LogP contribution is -2.47. The van der Waals surface area contributed by atoms with Crippen molar-refractivity contribution in [2.24, 2.45) is 5.73 Å². The van der Waals surface area contributed by atoms with E-state index in [-0.39, 0.29) is 6.61 Å². The van der Waals surface area contributed by atoms with Gasteiger partial charge in [0, 0.05) is 0 Å². The second-order valence-electron chi connectivity index (χ2n) is 2.53. The molecule has 0 aliphatic heterocycles. The molecule has 0 aromatic rings. The first-order chi connectivity index (χ1) is 5.96. The molecule has 0 aliphatic carbocycles. The van der Waals surface area contributed by atoms with E-state index in [1.54, 1.807) is 6.92 Å². The molecule has 3 N–H and O–H groups in total. The number of carbonyl (C=O) groups is 2. The van der Waals surface area contributed by atoms with Gasteiger partial charge in [-0.3, -0.25) is 4.79 Å². The molecule has 1 atom stereocenters. The number of carbonyl (C=O) groups excluding carboxylic acids is 1. The topological polar surface area (TPSA) is 89.6 Å². The fraction of sp³-hybridized carbons (Fsp3) is 0.500. The van der Waals surface area contributed by atoms with E-state index in [4.69, 9.17) is 10.8 Å². The molecule has 0 fully saturated rings. The fourth-order valence-electron chi connectivity index (χ4n) is 0.686. The maximum absolute atomic E-state index is 10.9. The molecule has 0 aromatic carbocycles. The van der Waals surface area contributed by atoms with Crippen LogP contribution in [0.3, 0.4) is 0 Å². The van der Waals surface area contributed by atoms with Crippen LogP contribution in [0.5, 0.6) is 0 Å². The molecule has 0 aromatic heterocycles. The molecule has 74 valence electrons. The van der Waals surface area contributed by atoms with Gasteiger partial charge < -0.3 is 15.6 Å². The first kappa shape index (κ1) is 11.6. The highest BCUT2D eigenvalue weighted by atomic mass is 16.5. The van der Waals surface area contributed by atoms with Crippen LogP contribution in [0.2, 0.25) is 0 Å². The van der Waals surface area contributed by atoms with E-state index in [1.807, 2.05) is 0 Å². The quantitative estimate of drug-likeness (QED) is 0.463. The Hall–Kier alpha value is -1.36. The van der Waals surface area contributed by atoms with Crippen molar-refractivity contribution in [3.05, 3.63) is 12.7 Å². The van der Waals surface area contributed by atoms with Gasteiger partial charge in [0.1, 0.15) is 5.54 Å². The molecule has 0 amide bonds. The van der Waals surface area contributed by atoms with Crippen molar-refractivity contribution >= 4 is 11.9 Å². The summed E-state index contributed by atoms with van der Waals surface area (Å²) >= 11 is 0. The monoisotopic (exact) mass is 187 g/mol. The Kier molecular flexibility index (Phi) is 4.13. The van der Waals surface area contributed by atoms with E-state index >= 15 is 0 Å². The summed E-state index contributed by atoms with van der Waals surface area (Å²) in [5.41, 5.74) is 3.62. The minimum atomic E-state index is -1.73. The standard InChI is InChI=1S/C8H13NO4/c1-3-8(9,7(11)12)5-6(10)13-4-2/h3H,1,4-5,9H2,2H3,(H,11,12)/t8-/m1/s1. The van der Waals surface area contributed by atoms with Crippen LogP contribution in [0.4, 0.5) is 0 Å². The first-order valence-corrected chi connectivity index (χ1v) is 3.77. The van der Waals surface area contributed by atoms with E-state index in [9.17, 15) is 9.59 Å². The number of carboxylic acid groups (broad SMARTS) is 1. The number of rotatable bonds is 5. The van der Waals surface area contributed by atoms with Crippen LogP contribution in [-0.4, -0.2) is 29.2 Å². The molecule has 0 heterocycles. The smallest absolute Gasteiger partial charge is 0.328 e. The number of ether oxygens (including phenoxy) is 1. The summed E-state index contributed by atoms with van der Waals surface area (Å²) in [4.78, 5) is 21.5. The van der Waals surface area contributed by atoms with Crippen molar-refractivity contribution in [2.45, 2.75) is 18.9 Å². The molecule has 5 heteroatoms.